The van der Waals surface area contributed by atoms with Gasteiger partial charge in [-0.05, 0) is 31.2 Å². The van der Waals surface area contributed by atoms with Crippen molar-refractivity contribution in [3.63, 3.8) is 0 Å². The monoisotopic (exact) mass is 185 g/mol. The average molecular weight is 185 g/mol. The highest BCUT2D eigenvalue weighted by molar-refractivity contribution is 5.76. The Labute approximate surface area is 81.4 Å². The summed E-state index contributed by atoms with van der Waals surface area (Å²) < 4.78 is 0. The van der Waals surface area contributed by atoms with Gasteiger partial charge in [-0.1, -0.05) is 20.3 Å². The summed E-state index contributed by atoms with van der Waals surface area (Å²) >= 11 is 0. The summed E-state index contributed by atoms with van der Waals surface area (Å²) in [5.41, 5.74) is 10.9. The summed E-state index contributed by atoms with van der Waals surface area (Å²) in [6.07, 6.45) is 4.06. The number of rotatable bonds is 7. The first-order chi connectivity index (χ1) is 6.10. The van der Waals surface area contributed by atoms with Crippen LogP contribution in [0.15, 0.2) is 0 Å². The van der Waals surface area contributed by atoms with Gasteiger partial charge in [0.15, 0.2) is 0 Å². The first-order valence-corrected chi connectivity index (χ1v) is 5.13. The Morgan fingerprint density at radius 2 is 2.08 bits per heavy atom. The molecule has 0 radical (unpaired) electrons. The van der Waals surface area contributed by atoms with Crippen molar-refractivity contribution >= 4 is 5.84 Å². The molecule has 2 unspecified atom stereocenters. The van der Waals surface area contributed by atoms with Gasteiger partial charge in [0.05, 0.1) is 5.84 Å². The molecule has 0 aromatic rings. The molecule has 0 fully saturated rings. The van der Waals surface area contributed by atoms with Crippen LogP contribution in [-0.4, -0.2) is 12.4 Å². The first kappa shape index (κ1) is 12.4. The minimum Gasteiger partial charge on any atom is -0.388 e. The molecule has 0 heterocycles. The second kappa shape index (κ2) is 6.89. The second-order valence-electron chi connectivity index (χ2n) is 3.91. The van der Waals surface area contributed by atoms with Gasteiger partial charge in [-0.15, -0.1) is 0 Å². The number of hydrogen-bond acceptors (Lipinski definition) is 2. The summed E-state index contributed by atoms with van der Waals surface area (Å²) in [7, 11) is 0. The molecule has 0 amide bonds. The maximum absolute atomic E-state index is 7.11. The predicted octanol–water partition coefficient (Wildman–Crippen LogP) is 1.71. The molecule has 0 aromatic heterocycles. The van der Waals surface area contributed by atoms with Gasteiger partial charge in [-0.25, -0.2) is 0 Å². The molecule has 13 heavy (non-hydrogen) atoms. The summed E-state index contributed by atoms with van der Waals surface area (Å²) in [5, 5.41) is 7.11. The van der Waals surface area contributed by atoms with Gasteiger partial charge >= 0.3 is 0 Å². The minimum absolute atomic E-state index is 0.299. The molecule has 5 N–H and O–H groups in total. The number of hydrogen-bond donors (Lipinski definition) is 3. The lowest BCUT2D eigenvalue weighted by molar-refractivity contribution is 0.374. The molecule has 3 nitrogen and oxygen atoms in total. The van der Waals surface area contributed by atoms with E-state index in [-0.39, 0.29) is 0 Å². The van der Waals surface area contributed by atoms with E-state index < -0.39 is 0 Å². The molecule has 0 aromatic carbocycles. The fourth-order valence-electron chi connectivity index (χ4n) is 1.52. The highest BCUT2D eigenvalue weighted by atomic mass is 14.7. The van der Waals surface area contributed by atoms with E-state index in [1.165, 1.54) is 6.42 Å². The zero-order valence-electron chi connectivity index (χ0n) is 8.84. The number of nitrogens with one attached hydrogen (secondary N) is 1. The largest absolute Gasteiger partial charge is 0.388 e. The van der Waals surface area contributed by atoms with Crippen molar-refractivity contribution in [2.24, 2.45) is 23.3 Å². The van der Waals surface area contributed by atoms with Crippen molar-refractivity contribution < 1.29 is 0 Å². The Morgan fingerprint density at radius 1 is 1.46 bits per heavy atom. The fraction of sp³-hybridized carbons (Fsp3) is 0.900. The van der Waals surface area contributed by atoms with E-state index in [1.807, 2.05) is 0 Å². The van der Waals surface area contributed by atoms with E-state index in [0.717, 1.165) is 25.8 Å². The van der Waals surface area contributed by atoms with Gasteiger partial charge in [0.1, 0.15) is 0 Å². The van der Waals surface area contributed by atoms with E-state index in [2.05, 4.69) is 13.8 Å². The summed E-state index contributed by atoms with van der Waals surface area (Å²) in [5.74, 6) is 1.58. The van der Waals surface area contributed by atoms with Crippen molar-refractivity contribution in [2.45, 2.75) is 39.5 Å². The smallest absolute Gasteiger partial charge is 0.0905 e. The Morgan fingerprint density at radius 3 is 2.46 bits per heavy atom. The van der Waals surface area contributed by atoms with E-state index in [0.29, 0.717) is 17.7 Å². The molecule has 0 saturated heterocycles. The topological polar surface area (TPSA) is 75.9 Å². The van der Waals surface area contributed by atoms with Crippen LogP contribution in [0, 0.1) is 17.2 Å². The van der Waals surface area contributed by atoms with Crippen LogP contribution < -0.4 is 11.5 Å². The standard InChI is InChI=1S/C10H23N3/c1-3-9(7-11)6-8(2)4-5-10(12)13/h8-9H,3-7,11H2,1-2H3,(H3,12,13). The van der Waals surface area contributed by atoms with E-state index in [1.54, 1.807) is 0 Å². The fourth-order valence-corrected chi connectivity index (χ4v) is 1.52. The third-order valence-corrected chi connectivity index (χ3v) is 2.55. The average Bonchev–Trinajstić information content (AvgIpc) is 2.10. The van der Waals surface area contributed by atoms with Gasteiger partial charge in [-0.3, -0.25) is 5.41 Å². The number of nitrogens with two attached hydrogens (primary N) is 2. The van der Waals surface area contributed by atoms with Crippen LogP contribution in [0.1, 0.15) is 39.5 Å². The summed E-state index contributed by atoms with van der Waals surface area (Å²) in [6.45, 7) is 5.16. The molecule has 0 spiro atoms. The molecule has 0 rings (SSSR count). The molecule has 2 atom stereocenters. The quantitative estimate of drug-likeness (QED) is 0.417. The Bertz CT molecular complexity index is 141. The lowest BCUT2D eigenvalue weighted by Gasteiger charge is -2.17. The van der Waals surface area contributed by atoms with E-state index in [9.17, 15) is 0 Å². The van der Waals surface area contributed by atoms with Gasteiger partial charge in [-0.2, -0.15) is 0 Å². The molecule has 0 saturated carbocycles. The van der Waals surface area contributed by atoms with Crippen LogP contribution >= 0.6 is 0 Å². The number of amidine groups is 1. The summed E-state index contributed by atoms with van der Waals surface area (Å²) in [4.78, 5) is 0. The minimum atomic E-state index is 0.299. The van der Waals surface area contributed by atoms with Crippen molar-refractivity contribution in [1.29, 1.82) is 5.41 Å². The highest BCUT2D eigenvalue weighted by Gasteiger charge is 2.09. The molecule has 78 valence electrons. The molecule has 0 aliphatic rings. The normalized spacial score (nSPS) is 15.3. The molecular weight excluding hydrogens is 162 g/mol. The third-order valence-electron chi connectivity index (χ3n) is 2.55. The molecule has 0 bridgehead atoms. The van der Waals surface area contributed by atoms with Crippen LogP contribution in [0.4, 0.5) is 0 Å². The first-order valence-electron chi connectivity index (χ1n) is 5.13. The summed E-state index contributed by atoms with van der Waals surface area (Å²) in [6, 6.07) is 0. The highest BCUT2D eigenvalue weighted by Crippen LogP contribution is 2.18. The van der Waals surface area contributed by atoms with Crippen molar-refractivity contribution in [1.82, 2.24) is 0 Å². The van der Waals surface area contributed by atoms with Gasteiger partial charge in [0.25, 0.3) is 0 Å². The van der Waals surface area contributed by atoms with Crippen molar-refractivity contribution in [3.05, 3.63) is 0 Å². The lowest BCUT2D eigenvalue weighted by Crippen LogP contribution is -2.17. The zero-order valence-corrected chi connectivity index (χ0v) is 8.84. The van der Waals surface area contributed by atoms with Gasteiger partial charge < -0.3 is 11.5 Å². The molecule has 0 aliphatic heterocycles. The third kappa shape index (κ3) is 6.58. The van der Waals surface area contributed by atoms with Crippen molar-refractivity contribution in [2.75, 3.05) is 6.54 Å². The molecular formula is C10H23N3. The zero-order chi connectivity index (χ0) is 10.3. The SMILES string of the molecule is CCC(CN)CC(C)CCC(=N)N. The van der Waals surface area contributed by atoms with Crippen LogP contribution in [0.3, 0.4) is 0 Å². The Balaban J connectivity index is 3.59. The van der Waals surface area contributed by atoms with E-state index in [4.69, 9.17) is 16.9 Å². The van der Waals surface area contributed by atoms with Gasteiger partial charge in [0, 0.05) is 6.42 Å². The van der Waals surface area contributed by atoms with E-state index >= 15 is 0 Å². The van der Waals surface area contributed by atoms with Crippen LogP contribution in [0.25, 0.3) is 0 Å². The maximum atomic E-state index is 7.11. The predicted molar refractivity (Wildman–Crippen MR) is 57.8 cm³/mol. The Kier molecular flexibility index (Phi) is 6.59. The van der Waals surface area contributed by atoms with Gasteiger partial charge in [0.2, 0.25) is 0 Å². The Hall–Kier alpha value is -0.570. The molecule has 3 heteroatoms. The maximum Gasteiger partial charge on any atom is 0.0905 e. The van der Waals surface area contributed by atoms with Crippen LogP contribution in [0.2, 0.25) is 0 Å². The van der Waals surface area contributed by atoms with Crippen molar-refractivity contribution in [3.8, 4) is 0 Å². The van der Waals surface area contributed by atoms with Crippen LogP contribution in [0.5, 0.6) is 0 Å². The molecule has 0 aliphatic carbocycles. The second-order valence-corrected chi connectivity index (χ2v) is 3.91. The lowest BCUT2D eigenvalue weighted by atomic mass is 9.91. The van der Waals surface area contributed by atoms with Crippen LogP contribution in [-0.2, 0) is 0 Å².